The zero-order valence-electron chi connectivity index (χ0n) is 13.4. The van der Waals surface area contributed by atoms with Crippen LogP contribution in [0.2, 0.25) is 0 Å². The molecule has 1 aliphatic heterocycles. The molecule has 1 aromatic rings. The van der Waals surface area contributed by atoms with Crippen LogP contribution in [0.25, 0.3) is 0 Å². The molecule has 0 atom stereocenters. The molecule has 1 fully saturated rings. The summed E-state index contributed by atoms with van der Waals surface area (Å²) in [5.74, 6) is -0.117. The second-order valence-corrected chi connectivity index (χ2v) is 7.22. The molecule has 1 saturated heterocycles. The molecule has 0 aromatic carbocycles. The van der Waals surface area contributed by atoms with E-state index in [1.54, 1.807) is 30.5 Å². The Kier molecular flexibility index (Phi) is 4.88. The molecule has 0 N–H and O–H groups in total. The van der Waals surface area contributed by atoms with Crippen LogP contribution in [-0.4, -0.2) is 73.2 Å². The predicted molar refractivity (Wildman–Crippen MR) is 79.9 cm³/mol. The number of hydrogen-bond acceptors (Lipinski definition) is 5. The lowest BCUT2D eigenvalue weighted by atomic mass is 10.3. The fourth-order valence-corrected chi connectivity index (χ4v) is 4.47. The van der Waals surface area contributed by atoms with Gasteiger partial charge in [-0.15, -0.1) is 0 Å². The molecular weight excluding hydrogens is 308 g/mol. The lowest BCUT2D eigenvalue weighted by Crippen LogP contribution is -2.51. The van der Waals surface area contributed by atoms with Crippen LogP contribution in [0.3, 0.4) is 0 Å². The van der Waals surface area contributed by atoms with E-state index in [4.69, 9.17) is 4.74 Å². The molecule has 9 heteroatoms. The fraction of sp³-hybridized carbons (Fsp3) is 0.692. The zero-order chi connectivity index (χ0) is 16.5. The number of hydrogen-bond donors (Lipinski definition) is 0. The number of methoxy groups -OCH3 is 1. The number of nitrogens with zero attached hydrogens (tertiary/aromatic N) is 4. The first-order valence-corrected chi connectivity index (χ1v) is 8.50. The Bertz CT molecular complexity index is 660. The molecule has 0 aliphatic carbocycles. The van der Waals surface area contributed by atoms with Gasteiger partial charge in [0.15, 0.2) is 0 Å². The molecule has 0 saturated carbocycles. The van der Waals surface area contributed by atoms with Crippen molar-refractivity contribution in [2.24, 2.45) is 7.05 Å². The second-order valence-electron chi connectivity index (χ2n) is 5.34. The molecule has 0 bridgehead atoms. The van der Waals surface area contributed by atoms with E-state index < -0.39 is 10.0 Å². The first-order chi connectivity index (χ1) is 10.3. The molecule has 0 unspecified atom stereocenters. The van der Waals surface area contributed by atoms with Crippen LogP contribution in [0, 0.1) is 13.8 Å². The van der Waals surface area contributed by atoms with E-state index in [9.17, 15) is 13.2 Å². The lowest BCUT2D eigenvalue weighted by Gasteiger charge is -2.33. The smallest absolute Gasteiger partial charge is 0.248 e. The van der Waals surface area contributed by atoms with Crippen molar-refractivity contribution in [1.82, 2.24) is 19.0 Å². The van der Waals surface area contributed by atoms with Gasteiger partial charge in [-0.25, -0.2) is 8.42 Å². The summed E-state index contributed by atoms with van der Waals surface area (Å²) in [4.78, 5) is 13.6. The molecule has 0 spiro atoms. The number of sulfonamides is 1. The van der Waals surface area contributed by atoms with Gasteiger partial charge in [0.1, 0.15) is 11.5 Å². The monoisotopic (exact) mass is 330 g/mol. The number of carbonyl (C=O) groups is 1. The van der Waals surface area contributed by atoms with E-state index >= 15 is 0 Å². The summed E-state index contributed by atoms with van der Waals surface area (Å²) in [7, 11) is -0.393. The van der Waals surface area contributed by atoms with Gasteiger partial charge in [-0.05, 0) is 13.8 Å². The average molecular weight is 330 g/mol. The molecule has 2 rings (SSSR count). The summed E-state index contributed by atoms with van der Waals surface area (Å²) in [6.07, 6.45) is 0. The number of amides is 1. The topological polar surface area (TPSA) is 84.7 Å². The third-order valence-corrected chi connectivity index (χ3v) is 6.05. The summed E-state index contributed by atoms with van der Waals surface area (Å²) in [6, 6.07) is 0. The van der Waals surface area contributed by atoms with E-state index in [0.717, 1.165) is 0 Å². The number of rotatable bonds is 4. The Morgan fingerprint density at radius 3 is 2.27 bits per heavy atom. The van der Waals surface area contributed by atoms with Gasteiger partial charge < -0.3 is 9.64 Å². The lowest BCUT2D eigenvalue weighted by molar-refractivity contribution is -0.136. The van der Waals surface area contributed by atoms with E-state index in [1.807, 2.05) is 0 Å². The number of aromatic nitrogens is 2. The van der Waals surface area contributed by atoms with Gasteiger partial charge >= 0.3 is 0 Å². The van der Waals surface area contributed by atoms with Crippen LogP contribution in [0.4, 0.5) is 0 Å². The number of carbonyl (C=O) groups excluding carboxylic acids is 1. The van der Waals surface area contributed by atoms with Gasteiger partial charge in [0.2, 0.25) is 15.9 Å². The summed E-state index contributed by atoms with van der Waals surface area (Å²) in [6.45, 7) is 4.77. The highest BCUT2D eigenvalue weighted by molar-refractivity contribution is 7.89. The summed E-state index contributed by atoms with van der Waals surface area (Å²) in [5, 5.41) is 4.17. The third kappa shape index (κ3) is 3.01. The van der Waals surface area contributed by atoms with Gasteiger partial charge in [-0.3, -0.25) is 9.48 Å². The molecule has 1 aromatic heterocycles. The second kappa shape index (κ2) is 6.35. The highest BCUT2D eigenvalue weighted by Crippen LogP contribution is 2.23. The van der Waals surface area contributed by atoms with Gasteiger partial charge in [-0.1, -0.05) is 0 Å². The Labute approximate surface area is 130 Å². The number of piperazine rings is 1. The molecule has 22 heavy (non-hydrogen) atoms. The van der Waals surface area contributed by atoms with E-state index in [2.05, 4.69) is 5.10 Å². The van der Waals surface area contributed by atoms with Crippen molar-refractivity contribution < 1.29 is 17.9 Å². The summed E-state index contributed by atoms with van der Waals surface area (Å²) in [5.41, 5.74) is 1.12. The SMILES string of the molecule is COCC(=O)N1CCN(S(=O)(=O)c2c(C)nn(C)c2C)CC1. The Morgan fingerprint density at radius 1 is 1.23 bits per heavy atom. The van der Waals surface area contributed by atoms with Gasteiger partial charge in [-0.2, -0.15) is 9.40 Å². The van der Waals surface area contributed by atoms with Gasteiger partial charge in [0, 0.05) is 40.3 Å². The molecular formula is C13H22N4O4S. The van der Waals surface area contributed by atoms with Crippen LogP contribution in [-0.2, 0) is 26.6 Å². The average Bonchev–Trinajstić information content (AvgIpc) is 2.73. The van der Waals surface area contributed by atoms with Crippen LogP contribution < -0.4 is 0 Å². The summed E-state index contributed by atoms with van der Waals surface area (Å²) < 4.78 is 33.4. The molecule has 2 heterocycles. The quantitative estimate of drug-likeness (QED) is 0.744. The van der Waals surface area contributed by atoms with E-state index in [0.29, 0.717) is 24.5 Å². The van der Waals surface area contributed by atoms with Crippen molar-refractivity contribution >= 4 is 15.9 Å². The minimum atomic E-state index is -3.58. The minimum Gasteiger partial charge on any atom is -0.375 e. The molecule has 1 amide bonds. The first-order valence-electron chi connectivity index (χ1n) is 7.06. The van der Waals surface area contributed by atoms with Crippen molar-refractivity contribution in [2.75, 3.05) is 39.9 Å². The maximum absolute atomic E-state index is 12.8. The highest BCUT2D eigenvalue weighted by Gasteiger charge is 2.33. The maximum atomic E-state index is 12.8. The number of aryl methyl sites for hydroxylation is 2. The van der Waals surface area contributed by atoms with E-state index in [1.165, 1.54) is 11.4 Å². The Hall–Kier alpha value is -1.45. The minimum absolute atomic E-state index is 0.0214. The first kappa shape index (κ1) is 16.9. The third-order valence-electron chi connectivity index (χ3n) is 3.90. The van der Waals surface area contributed by atoms with Crippen molar-refractivity contribution in [3.63, 3.8) is 0 Å². The summed E-state index contributed by atoms with van der Waals surface area (Å²) >= 11 is 0. The van der Waals surface area contributed by atoms with Crippen molar-refractivity contribution in [1.29, 1.82) is 0 Å². The normalized spacial score (nSPS) is 17.0. The van der Waals surface area contributed by atoms with Gasteiger partial charge in [0.25, 0.3) is 0 Å². The van der Waals surface area contributed by atoms with E-state index in [-0.39, 0.29) is 30.5 Å². The Balaban J connectivity index is 2.15. The standard InChI is InChI=1S/C13H22N4O4S/c1-10-13(11(2)15(3)14-10)22(19,20)17-7-5-16(6-8-17)12(18)9-21-4/h5-9H2,1-4H3. The van der Waals surface area contributed by atoms with Crippen LogP contribution in [0.5, 0.6) is 0 Å². The maximum Gasteiger partial charge on any atom is 0.248 e. The van der Waals surface area contributed by atoms with Gasteiger partial charge in [0.05, 0.1) is 11.4 Å². The van der Waals surface area contributed by atoms with Crippen LogP contribution in [0.1, 0.15) is 11.4 Å². The largest absolute Gasteiger partial charge is 0.375 e. The fourth-order valence-electron chi connectivity index (χ4n) is 2.65. The predicted octanol–water partition coefficient (Wildman–Crippen LogP) is -0.484. The number of ether oxygens (including phenoxy) is 1. The molecule has 8 nitrogen and oxygen atoms in total. The van der Waals surface area contributed by atoms with Crippen molar-refractivity contribution in [3.8, 4) is 0 Å². The Morgan fingerprint density at radius 2 is 1.82 bits per heavy atom. The van der Waals surface area contributed by atoms with Crippen molar-refractivity contribution in [2.45, 2.75) is 18.7 Å². The molecule has 1 aliphatic rings. The van der Waals surface area contributed by atoms with Crippen molar-refractivity contribution in [3.05, 3.63) is 11.4 Å². The zero-order valence-corrected chi connectivity index (χ0v) is 14.2. The van der Waals surface area contributed by atoms with Crippen LogP contribution >= 0.6 is 0 Å². The highest BCUT2D eigenvalue weighted by atomic mass is 32.2. The molecule has 124 valence electrons. The van der Waals surface area contributed by atoms with Crippen LogP contribution in [0.15, 0.2) is 4.90 Å². The molecule has 0 radical (unpaired) electrons.